The molecule has 1 atom stereocenters. The van der Waals surface area contributed by atoms with Crippen molar-refractivity contribution in [2.75, 3.05) is 11.9 Å². The van der Waals surface area contributed by atoms with Gasteiger partial charge in [-0.25, -0.2) is 0 Å². The van der Waals surface area contributed by atoms with Crippen LogP contribution in [0.1, 0.15) is 29.8 Å². The lowest BCUT2D eigenvalue weighted by Crippen LogP contribution is -2.16. The first kappa shape index (κ1) is 14.4. The van der Waals surface area contributed by atoms with Crippen LogP contribution in [0.3, 0.4) is 0 Å². The van der Waals surface area contributed by atoms with Gasteiger partial charge in [-0.3, -0.25) is 0 Å². The number of anilines is 1. The van der Waals surface area contributed by atoms with Crippen LogP contribution in [0.4, 0.5) is 5.69 Å². The van der Waals surface area contributed by atoms with Crippen LogP contribution in [-0.2, 0) is 6.54 Å². The minimum absolute atomic E-state index is 0.135. The fourth-order valence-corrected chi connectivity index (χ4v) is 3.11. The average molecular weight is 295 g/mol. The number of nitrogens with zero attached hydrogens (tertiary/aromatic N) is 1. The molecule has 2 N–H and O–H groups in total. The maximum Gasteiger partial charge on any atom is 0.0931 e. The first-order valence-electron chi connectivity index (χ1n) is 6.41. The summed E-state index contributed by atoms with van der Waals surface area (Å²) >= 11 is 7.57. The van der Waals surface area contributed by atoms with Crippen molar-refractivity contribution in [3.63, 3.8) is 0 Å². The van der Waals surface area contributed by atoms with E-state index in [9.17, 15) is 0 Å². The van der Waals surface area contributed by atoms with Gasteiger partial charge in [0, 0.05) is 23.7 Å². The second-order valence-electron chi connectivity index (χ2n) is 4.67. The molecular formula is C15H19ClN2S. The molecule has 0 aliphatic rings. The molecule has 0 bridgehead atoms. The highest BCUT2D eigenvalue weighted by atomic mass is 35.5. The summed E-state index contributed by atoms with van der Waals surface area (Å²) in [6.07, 6.45) is 0.961. The Labute approximate surface area is 123 Å². The van der Waals surface area contributed by atoms with Gasteiger partial charge in [0.2, 0.25) is 0 Å². The number of halogens is 1. The van der Waals surface area contributed by atoms with E-state index < -0.39 is 0 Å². The molecule has 2 nitrogen and oxygen atoms in total. The molecule has 0 fully saturated rings. The summed E-state index contributed by atoms with van der Waals surface area (Å²) in [4.78, 5) is 3.48. The van der Waals surface area contributed by atoms with Crippen LogP contribution in [0.15, 0.2) is 36.4 Å². The van der Waals surface area contributed by atoms with Gasteiger partial charge in [-0.15, -0.1) is 11.3 Å². The van der Waals surface area contributed by atoms with Crippen molar-refractivity contribution < 1.29 is 0 Å². The number of benzene rings is 1. The molecule has 0 aliphatic heterocycles. The normalized spacial score (nSPS) is 12.4. The first-order chi connectivity index (χ1) is 9.10. The molecular weight excluding hydrogens is 276 g/mol. The van der Waals surface area contributed by atoms with Crippen LogP contribution in [-0.4, -0.2) is 7.05 Å². The molecule has 0 saturated carbocycles. The van der Waals surface area contributed by atoms with Gasteiger partial charge in [-0.05, 0) is 36.2 Å². The summed E-state index contributed by atoms with van der Waals surface area (Å²) in [7, 11) is 2.09. The predicted molar refractivity (Wildman–Crippen MR) is 85.1 cm³/mol. The maximum absolute atomic E-state index is 6.02. The topological polar surface area (TPSA) is 29.3 Å². The molecule has 0 radical (unpaired) electrons. The van der Waals surface area contributed by atoms with Crippen LogP contribution >= 0.6 is 22.9 Å². The Balaban J connectivity index is 2.05. The van der Waals surface area contributed by atoms with Gasteiger partial charge in [-0.2, -0.15) is 0 Å². The van der Waals surface area contributed by atoms with Crippen molar-refractivity contribution in [1.82, 2.24) is 0 Å². The zero-order valence-electron chi connectivity index (χ0n) is 11.3. The molecule has 19 heavy (non-hydrogen) atoms. The second-order valence-corrected chi connectivity index (χ2v) is 6.47. The molecule has 2 rings (SSSR count). The Bertz CT molecular complexity index is 521. The Kier molecular flexibility index (Phi) is 4.86. The number of hydrogen-bond donors (Lipinski definition) is 1. The van der Waals surface area contributed by atoms with Crippen LogP contribution in [0.5, 0.6) is 0 Å². The van der Waals surface area contributed by atoms with Crippen LogP contribution in [0.25, 0.3) is 0 Å². The lowest BCUT2D eigenvalue weighted by atomic mass is 10.1. The highest BCUT2D eigenvalue weighted by Gasteiger charge is 2.06. The number of rotatable bonds is 5. The van der Waals surface area contributed by atoms with E-state index in [-0.39, 0.29) is 6.04 Å². The zero-order valence-corrected chi connectivity index (χ0v) is 12.8. The summed E-state index contributed by atoms with van der Waals surface area (Å²) in [5.74, 6) is 0. The van der Waals surface area contributed by atoms with E-state index in [2.05, 4.69) is 49.2 Å². The minimum atomic E-state index is 0.135. The van der Waals surface area contributed by atoms with E-state index in [0.717, 1.165) is 17.3 Å². The average Bonchev–Trinajstić information content (AvgIpc) is 2.83. The van der Waals surface area contributed by atoms with E-state index in [1.807, 2.05) is 6.07 Å². The second kappa shape index (κ2) is 6.42. The standard InChI is InChI=1S/C15H19ClN2S/c1-3-14(17)11-4-6-12(7-5-11)18(2)10-13-8-9-15(16)19-13/h4-9,14H,3,10,17H2,1-2H3/t14-/m1/s1. The van der Waals surface area contributed by atoms with Crippen molar-refractivity contribution in [2.45, 2.75) is 25.9 Å². The third-order valence-corrected chi connectivity index (χ3v) is 4.44. The Morgan fingerprint density at radius 2 is 1.89 bits per heavy atom. The molecule has 1 aromatic heterocycles. The third-order valence-electron chi connectivity index (χ3n) is 3.22. The first-order valence-corrected chi connectivity index (χ1v) is 7.60. The summed E-state index contributed by atoms with van der Waals surface area (Å²) in [6, 6.07) is 12.6. The summed E-state index contributed by atoms with van der Waals surface area (Å²) in [6.45, 7) is 2.97. The van der Waals surface area contributed by atoms with E-state index in [1.165, 1.54) is 16.1 Å². The summed E-state index contributed by atoms with van der Waals surface area (Å²) in [5, 5.41) is 0. The highest BCUT2D eigenvalue weighted by molar-refractivity contribution is 7.16. The van der Waals surface area contributed by atoms with Gasteiger partial charge in [0.15, 0.2) is 0 Å². The quantitative estimate of drug-likeness (QED) is 0.883. The Morgan fingerprint density at radius 1 is 1.21 bits per heavy atom. The van der Waals surface area contributed by atoms with Crippen molar-refractivity contribution in [3.05, 3.63) is 51.2 Å². The van der Waals surface area contributed by atoms with E-state index in [0.29, 0.717) is 0 Å². The van der Waals surface area contributed by atoms with Crippen molar-refractivity contribution in [2.24, 2.45) is 5.73 Å². The molecule has 0 aliphatic carbocycles. The fraction of sp³-hybridized carbons (Fsp3) is 0.333. The number of hydrogen-bond acceptors (Lipinski definition) is 3. The van der Waals surface area contributed by atoms with Gasteiger partial charge in [-0.1, -0.05) is 30.7 Å². The van der Waals surface area contributed by atoms with E-state index >= 15 is 0 Å². The Morgan fingerprint density at radius 3 is 2.42 bits per heavy atom. The lowest BCUT2D eigenvalue weighted by Gasteiger charge is -2.19. The van der Waals surface area contributed by atoms with Crippen LogP contribution < -0.4 is 10.6 Å². The fourth-order valence-electron chi connectivity index (χ4n) is 1.97. The molecule has 0 unspecified atom stereocenters. The van der Waals surface area contributed by atoms with Gasteiger partial charge in [0.25, 0.3) is 0 Å². The molecule has 1 aromatic carbocycles. The lowest BCUT2D eigenvalue weighted by molar-refractivity contribution is 0.698. The molecule has 0 spiro atoms. The molecule has 1 heterocycles. The molecule has 0 saturated heterocycles. The minimum Gasteiger partial charge on any atom is -0.369 e. The van der Waals surface area contributed by atoms with Crippen molar-refractivity contribution in [3.8, 4) is 0 Å². The predicted octanol–water partition coefficient (Wildman–Crippen LogP) is 4.45. The summed E-state index contributed by atoms with van der Waals surface area (Å²) < 4.78 is 0.840. The highest BCUT2D eigenvalue weighted by Crippen LogP contribution is 2.25. The zero-order chi connectivity index (χ0) is 13.8. The van der Waals surface area contributed by atoms with Crippen molar-refractivity contribution >= 4 is 28.6 Å². The van der Waals surface area contributed by atoms with E-state index in [4.69, 9.17) is 17.3 Å². The number of thiophene rings is 1. The van der Waals surface area contributed by atoms with Gasteiger partial charge < -0.3 is 10.6 Å². The Hall–Kier alpha value is -1.03. The van der Waals surface area contributed by atoms with E-state index in [1.54, 1.807) is 11.3 Å². The van der Waals surface area contributed by atoms with Crippen LogP contribution in [0.2, 0.25) is 4.34 Å². The molecule has 0 amide bonds. The van der Waals surface area contributed by atoms with Gasteiger partial charge in [0.1, 0.15) is 0 Å². The van der Waals surface area contributed by atoms with Gasteiger partial charge >= 0.3 is 0 Å². The largest absolute Gasteiger partial charge is 0.369 e. The van der Waals surface area contributed by atoms with Gasteiger partial charge in [0.05, 0.1) is 10.9 Å². The number of nitrogens with two attached hydrogens (primary N) is 1. The summed E-state index contributed by atoms with van der Waals surface area (Å²) in [5.41, 5.74) is 8.40. The molecule has 2 aromatic rings. The van der Waals surface area contributed by atoms with Crippen LogP contribution in [0, 0.1) is 0 Å². The van der Waals surface area contributed by atoms with Crippen molar-refractivity contribution in [1.29, 1.82) is 0 Å². The molecule has 4 heteroatoms. The SMILES string of the molecule is CC[C@@H](N)c1ccc(N(C)Cc2ccc(Cl)s2)cc1. The maximum atomic E-state index is 6.02. The smallest absolute Gasteiger partial charge is 0.0931 e. The monoisotopic (exact) mass is 294 g/mol. The third kappa shape index (κ3) is 3.72. The molecule has 102 valence electrons.